The zero-order chi connectivity index (χ0) is 18.4. The van der Waals surface area contributed by atoms with Gasteiger partial charge in [0, 0.05) is 47.8 Å². The van der Waals surface area contributed by atoms with E-state index >= 15 is 0 Å². The fourth-order valence-electron chi connectivity index (χ4n) is 4.60. The van der Waals surface area contributed by atoms with Crippen LogP contribution in [0, 0.1) is 0 Å². The van der Waals surface area contributed by atoms with E-state index in [1.54, 1.807) is 0 Å². The van der Waals surface area contributed by atoms with E-state index in [0.717, 1.165) is 56.1 Å². The second kappa shape index (κ2) is 6.48. The lowest BCUT2D eigenvalue weighted by atomic mass is 9.97. The summed E-state index contributed by atoms with van der Waals surface area (Å²) in [6, 6.07) is 10.5. The molecule has 0 aliphatic carbocycles. The van der Waals surface area contributed by atoms with Gasteiger partial charge in [-0.3, -0.25) is 4.90 Å². The van der Waals surface area contributed by atoms with Crippen molar-refractivity contribution in [1.29, 1.82) is 0 Å². The first-order valence-electron chi connectivity index (χ1n) is 9.80. The number of nitrogens with zero attached hydrogens (tertiary/aromatic N) is 1. The molecule has 1 atom stereocenters. The van der Waals surface area contributed by atoms with Crippen molar-refractivity contribution >= 4 is 11.7 Å². The van der Waals surface area contributed by atoms with Crippen LogP contribution in [0.1, 0.15) is 29.2 Å². The molecule has 140 valence electrons. The third-order valence-corrected chi connectivity index (χ3v) is 5.84. The number of ether oxygens (including phenoxy) is 2. The Morgan fingerprint density at radius 3 is 2.96 bits per heavy atom. The summed E-state index contributed by atoms with van der Waals surface area (Å²) in [7, 11) is 0. The van der Waals surface area contributed by atoms with Crippen molar-refractivity contribution in [3.05, 3.63) is 52.6 Å². The summed E-state index contributed by atoms with van der Waals surface area (Å²) in [4.78, 5) is 14.7. The number of benzene rings is 2. The number of hydrogen-bond donors (Lipinski definition) is 1. The Balaban J connectivity index is 1.31. The zero-order valence-electron chi connectivity index (χ0n) is 15.6. The van der Waals surface area contributed by atoms with Crippen LogP contribution in [0.25, 0.3) is 0 Å². The Hall–Kier alpha value is -2.69. The second-order valence-corrected chi connectivity index (χ2v) is 7.55. The van der Waals surface area contributed by atoms with Crippen LogP contribution in [0.15, 0.2) is 30.3 Å². The third kappa shape index (κ3) is 2.73. The molecular formula is C22H24N2O3. The van der Waals surface area contributed by atoms with Gasteiger partial charge in [0.05, 0.1) is 13.2 Å². The SMILES string of the molecule is CC1Cc2ccccc2N1C(=O)NCCc1c2c(cc3c1OCC3)OCC2. The number of fused-ring (bicyclic) bond motifs is 3. The molecule has 0 fully saturated rings. The molecule has 5 nitrogen and oxygen atoms in total. The van der Waals surface area contributed by atoms with E-state index in [4.69, 9.17) is 9.47 Å². The summed E-state index contributed by atoms with van der Waals surface area (Å²) in [6.07, 6.45) is 3.54. The van der Waals surface area contributed by atoms with Gasteiger partial charge in [0.15, 0.2) is 0 Å². The molecule has 1 N–H and O–H groups in total. The number of carbonyl (C=O) groups is 1. The van der Waals surface area contributed by atoms with Crippen LogP contribution in [0.5, 0.6) is 11.5 Å². The molecule has 27 heavy (non-hydrogen) atoms. The summed E-state index contributed by atoms with van der Waals surface area (Å²) in [5.41, 5.74) is 5.97. The molecule has 2 amide bonds. The predicted molar refractivity (Wildman–Crippen MR) is 104 cm³/mol. The summed E-state index contributed by atoms with van der Waals surface area (Å²) < 4.78 is 11.7. The molecule has 5 heteroatoms. The van der Waals surface area contributed by atoms with Gasteiger partial charge in [-0.1, -0.05) is 18.2 Å². The number of amides is 2. The maximum absolute atomic E-state index is 12.8. The van der Waals surface area contributed by atoms with E-state index in [1.807, 2.05) is 23.1 Å². The first-order chi connectivity index (χ1) is 13.2. The van der Waals surface area contributed by atoms with E-state index in [2.05, 4.69) is 24.4 Å². The molecule has 3 aliphatic heterocycles. The standard InChI is InChI=1S/C22H24N2O3/c1-14-12-15-4-2-3-5-19(15)24(14)22(25)23-9-6-18-17-8-11-26-20(17)13-16-7-10-27-21(16)18/h2-5,13-14H,6-12H2,1H3,(H,23,25). The van der Waals surface area contributed by atoms with E-state index in [9.17, 15) is 4.79 Å². The van der Waals surface area contributed by atoms with E-state index in [0.29, 0.717) is 6.54 Å². The zero-order valence-corrected chi connectivity index (χ0v) is 15.6. The highest BCUT2D eigenvalue weighted by molar-refractivity contribution is 5.94. The summed E-state index contributed by atoms with van der Waals surface area (Å²) in [6.45, 7) is 4.16. The number of urea groups is 1. The molecule has 0 saturated heterocycles. The Labute approximate surface area is 159 Å². The van der Waals surface area contributed by atoms with Crippen molar-refractivity contribution in [3.8, 4) is 11.5 Å². The van der Waals surface area contributed by atoms with E-state index in [1.165, 1.54) is 22.3 Å². The molecule has 5 rings (SSSR count). The predicted octanol–water partition coefficient (Wildman–Crippen LogP) is 3.26. The normalized spacial score (nSPS) is 19.1. The maximum Gasteiger partial charge on any atom is 0.322 e. The first-order valence-corrected chi connectivity index (χ1v) is 9.80. The Bertz CT molecular complexity index is 876. The molecule has 0 aromatic heterocycles. The lowest BCUT2D eigenvalue weighted by molar-refractivity contribution is 0.245. The lowest BCUT2D eigenvalue weighted by Crippen LogP contribution is -2.43. The fourth-order valence-corrected chi connectivity index (χ4v) is 4.60. The Morgan fingerprint density at radius 1 is 1.19 bits per heavy atom. The molecule has 1 unspecified atom stereocenters. The van der Waals surface area contributed by atoms with Gasteiger partial charge in [-0.05, 0) is 37.5 Å². The molecule has 3 aliphatic rings. The average molecular weight is 364 g/mol. The minimum Gasteiger partial charge on any atom is -0.493 e. The first kappa shape index (κ1) is 16.5. The van der Waals surface area contributed by atoms with Crippen LogP contribution < -0.4 is 19.7 Å². The average Bonchev–Trinajstić information content (AvgIpc) is 3.37. The van der Waals surface area contributed by atoms with E-state index in [-0.39, 0.29) is 12.1 Å². The number of carbonyl (C=O) groups excluding carboxylic acids is 1. The van der Waals surface area contributed by atoms with Gasteiger partial charge in [0.25, 0.3) is 0 Å². The smallest absolute Gasteiger partial charge is 0.322 e. The van der Waals surface area contributed by atoms with Crippen LogP contribution in [0.3, 0.4) is 0 Å². The van der Waals surface area contributed by atoms with Crippen LogP contribution in [0.2, 0.25) is 0 Å². The summed E-state index contributed by atoms with van der Waals surface area (Å²) in [5, 5.41) is 3.12. The number of rotatable bonds is 3. The van der Waals surface area contributed by atoms with E-state index < -0.39 is 0 Å². The van der Waals surface area contributed by atoms with Gasteiger partial charge in [0.1, 0.15) is 11.5 Å². The van der Waals surface area contributed by atoms with Crippen molar-refractivity contribution in [2.75, 3.05) is 24.7 Å². The van der Waals surface area contributed by atoms with Crippen molar-refractivity contribution in [2.24, 2.45) is 0 Å². The Kier molecular flexibility index (Phi) is 3.96. The van der Waals surface area contributed by atoms with Crippen LogP contribution in [0.4, 0.5) is 10.5 Å². The topological polar surface area (TPSA) is 50.8 Å². The van der Waals surface area contributed by atoms with Gasteiger partial charge in [-0.2, -0.15) is 0 Å². The van der Waals surface area contributed by atoms with Crippen molar-refractivity contribution < 1.29 is 14.3 Å². The molecule has 0 radical (unpaired) electrons. The van der Waals surface area contributed by atoms with Gasteiger partial charge in [-0.15, -0.1) is 0 Å². The molecule has 3 heterocycles. The van der Waals surface area contributed by atoms with Crippen molar-refractivity contribution in [1.82, 2.24) is 5.32 Å². The van der Waals surface area contributed by atoms with Crippen molar-refractivity contribution in [2.45, 2.75) is 38.6 Å². The van der Waals surface area contributed by atoms with Gasteiger partial charge in [-0.25, -0.2) is 4.79 Å². The number of anilines is 1. The second-order valence-electron chi connectivity index (χ2n) is 7.55. The minimum absolute atomic E-state index is 0.0196. The lowest BCUT2D eigenvalue weighted by Gasteiger charge is -2.23. The van der Waals surface area contributed by atoms with Gasteiger partial charge >= 0.3 is 6.03 Å². The highest BCUT2D eigenvalue weighted by atomic mass is 16.5. The summed E-state index contributed by atoms with van der Waals surface area (Å²) >= 11 is 0. The maximum atomic E-state index is 12.8. The number of hydrogen-bond acceptors (Lipinski definition) is 3. The largest absolute Gasteiger partial charge is 0.493 e. The third-order valence-electron chi connectivity index (χ3n) is 5.84. The molecule has 0 saturated carbocycles. The molecule has 2 aromatic rings. The van der Waals surface area contributed by atoms with Crippen LogP contribution >= 0.6 is 0 Å². The Morgan fingerprint density at radius 2 is 2.04 bits per heavy atom. The van der Waals surface area contributed by atoms with Crippen LogP contribution in [-0.2, 0) is 25.7 Å². The van der Waals surface area contributed by atoms with Gasteiger partial charge < -0.3 is 14.8 Å². The summed E-state index contributed by atoms with van der Waals surface area (Å²) in [5.74, 6) is 2.02. The van der Waals surface area contributed by atoms with Crippen molar-refractivity contribution in [3.63, 3.8) is 0 Å². The molecule has 0 spiro atoms. The van der Waals surface area contributed by atoms with Gasteiger partial charge in [0.2, 0.25) is 0 Å². The number of nitrogens with one attached hydrogen (secondary N) is 1. The monoisotopic (exact) mass is 364 g/mol. The minimum atomic E-state index is -0.0196. The molecule has 2 aromatic carbocycles. The molecule has 0 bridgehead atoms. The molecular weight excluding hydrogens is 340 g/mol. The highest BCUT2D eigenvalue weighted by Crippen LogP contribution is 2.40. The van der Waals surface area contributed by atoms with Crippen LogP contribution in [-0.4, -0.2) is 31.8 Å². The highest BCUT2D eigenvalue weighted by Gasteiger charge is 2.31. The quantitative estimate of drug-likeness (QED) is 0.910. The fraction of sp³-hybridized carbons (Fsp3) is 0.409. The number of para-hydroxylation sites is 1.